The number of rotatable bonds is 5. The largest absolute Gasteiger partial charge is 0.378 e. The zero-order valence-corrected chi connectivity index (χ0v) is 12.2. The molecular formula is C15H30N2O. The van der Waals surface area contributed by atoms with Crippen LogP contribution < -0.4 is 5.32 Å². The number of likely N-dealkylation sites (tertiary alicyclic amines) is 1. The van der Waals surface area contributed by atoms with E-state index in [2.05, 4.69) is 24.1 Å². The van der Waals surface area contributed by atoms with Gasteiger partial charge in [0.05, 0.1) is 6.10 Å². The lowest BCUT2D eigenvalue weighted by molar-refractivity contribution is 0.000572. The fourth-order valence-electron chi connectivity index (χ4n) is 3.37. The fraction of sp³-hybridized carbons (Fsp3) is 1.00. The summed E-state index contributed by atoms with van der Waals surface area (Å²) in [7, 11) is 0. The Labute approximate surface area is 112 Å². The molecule has 2 rings (SSSR count). The first-order chi connectivity index (χ1) is 8.79. The predicted octanol–water partition coefficient (Wildman–Crippen LogP) is 2.41. The highest BCUT2D eigenvalue weighted by molar-refractivity contribution is 4.83. The zero-order valence-electron chi connectivity index (χ0n) is 12.2. The second-order valence-electron chi connectivity index (χ2n) is 5.94. The Bertz CT molecular complexity index is 229. The molecule has 0 aromatic heterocycles. The molecular weight excluding hydrogens is 224 g/mol. The summed E-state index contributed by atoms with van der Waals surface area (Å²) in [5.41, 5.74) is 0. The van der Waals surface area contributed by atoms with E-state index in [1.165, 1.54) is 51.6 Å². The van der Waals surface area contributed by atoms with Crippen LogP contribution in [0, 0.1) is 0 Å². The van der Waals surface area contributed by atoms with Crippen molar-refractivity contribution in [2.24, 2.45) is 0 Å². The molecule has 3 atom stereocenters. The highest BCUT2D eigenvalue weighted by atomic mass is 16.5. The highest BCUT2D eigenvalue weighted by Gasteiger charge is 2.25. The molecule has 0 amide bonds. The number of hydrogen-bond donors (Lipinski definition) is 1. The first kappa shape index (κ1) is 14.3. The van der Waals surface area contributed by atoms with Gasteiger partial charge in [0, 0.05) is 25.2 Å². The Balaban J connectivity index is 1.67. The van der Waals surface area contributed by atoms with Crippen LogP contribution in [0.2, 0.25) is 0 Å². The SMILES string of the molecule is CCNC1CCN(CCC2CCCCO2)C(C)C1. The average molecular weight is 254 g/mol. The summed E-state index contributed by atoms with van der Waals surface area (Å²) in [6, 6.07) is 1.47. The highest BCUT2D eigenvalue weighted by Crippen LogP contribution is 2.20. The summed E-state index contributed by atoms with van der Waals surface area (Å²) in [6.07, 6.45) is 8.29. The van der Waals surface area contributed by atoms with Gasteiger partial charge in [-0.1, -0.05) is 6.92 Å². The molecule has 18 heavy (non-hydrogen) atoms. The van der Waals surface area contributed by atoms with Crippen LogP contribution in [0.25, 0.3) is 0 Å². The average Bonchev–Trinajstić information content (AvgIpc) is 2.39. The van der Waals surface area contributed by atoms with Crippen LogP contribution in [-0.4, -0.2) is 49.3 Å². The Kier molecular flexibility index (Phi) is 5.93. The molecule has 0 aromatic carbocycles. The van der Waals surface area contributed by atoms with E-state index in [0.29, 0.717) is 6.10 Å². The maximum atomic E-state index is 5.82. The van der Waals surface area contributed by atoms with Crippen LogP contribution in [0.4, 0.5) is 0 Å². The Morgan fingerprint density at radius 1 is 1.28 bits per heavy atom. The van der Waals surface area contributed by atoms with Gasteiger partial charge in [0.25, 0.3) is 0 Å². The minimum atomic E-state index is 0.539. The third kappa shape index (κ3) is 4.22. The zero-order chi connectivity index (χ0) is 12.8. The molecule has 3 nitrogen and oxygen atoms in total. The molecule has 0 spiro atoms. The lowest BCUT2D eigenvalue weighted by Gasteiger charge is -2.38. The lowest BCUT2D eigenvalue weighted by atomic mass is 9.97. The summed E-state index contributed by atoms with van der Waals surface area (Å²) in [6.45, 7) is 9.16. The Morgan fingerprint density at radius 2 is 2.17 bits per heavy atom. The second kappa shape index (κ2) is 7.46. The third-order valence-electron chi connectivity index (χ3n) is 4.52. The summed E-state index contributed by atoms with van der Waals surface area (Å²) < 4.78 is 5.82. The van der Waals surface area contributed by atoms with Crippen molar-refractivity contribution >= 4 is 0 Å². The molecule has 1 N–H and O–H groups in total. The Morgan fingerprint density at radius 3 is 2.83 bits per heavy atom. The van der Waals surface area contributed by atoms with E-state index in [9.17, 15) is 0 Å². The van der Waals surface area contributed by atoms with Crippen molar-refractivity contribution in [1.82, 2.24) is 10.2 Å². The standard InChI is InChI=1S/C15H30N2O/c1-3-16-14-7-9-17(13(2)12-14)10-8-15-6-4-5-11-18-15/h13-16H,3-12H2,1-2H3. The fourth-order valence-corrected chi connectivity index (χ4v) is 3.37. The van der Waals surface area contributed by atoms with Gasteiger partial charge in [-0.15, -0.1) is 0 Å². The topological polar surface area (TPSA) is 24.5 Å². The molecule has 2 aliphatic heterocycles. The minimum Gasteiger partial charge on any atom is -0.378 e. The van der Waals surface area contributed by atoms with Crippen molar-refractivity contribution in [2.75, 3.05) is 26.2 Å². The number of nitrogens with one attached hydrogen (secondary N) is 1. The quantitative estimate of drug-likeness (QED) is 0.815. The van der Waals surface area contributed by atoms with Gasteiger partial charge in [0.2, 0.25) is 0 Å². The molecule has 0 saturated carbocycles. The van der Waals surface area contributed by atoms with Gasteiger partial charge in [-0.2, -0.15) is 0 Å². The van der Waals surface area contributed by atoms with Crippen LogP contribution in [0.1, 0.15) is 52.4 Å². The molecule has 0 aliphatic carbocycles. The molecule has 2 heterocycles. The third-order valence-corrected chi connectivity index (χ3v) is 4.52. The molecule has 0 aromatic rings. The van der Waals surface area contributed by atoms with Crippen molar-refractivity contribution in [2.45, 2.75) is 70.6 Å². The van der Waals surface area contributed by atoms with E-state index in [4.69, 9.17) is 4.74 Å². The molecule has 0 bridgehead atoms. The maximum absolute atomic E-state index is 5.82. The number of nitrogens with zero attached hydrogens (tertiary/aromatic N) is 1. The summed E-state index contributed by atoms with van der Waals surface area (Å²) in [5, 5.41) is 3.59. The summed E-state index contributed by atoms with van der Waals surface area (Å²) in [4.78, 5) is 2.66. The van der Waals surface area contributed by atoms with Crippen LogP contribution in [-0.2, 0) is 4.74 Å². The van der Waals surface area contributed by atoms with Crippen LogP contribution in [0.3, 0.4) is 0 Å². The van der Waals surface area contributed by atoms with Crippen molar-refractivity contribution in [3.8, 4) is 0 Å². The molecule has 0 radical (unpaired) electrons. The van der Waals surface area contributed by atoms with E-state index in [0.717, 1.165) is 25.2 Å². The normalized spacial score (nSPS) is 34.7. The maximum Gasteiger partial charge on any atom is 0.0587 e. The van der Waals surface area contributed by atoms with Crippen molar-refractivity contribution in [1.29, 1.82) is 0 Å². The van der Waals surface area contributed by atoms with Crippen LogP contribution in [0.15, 0.2) is 0 Å². The first-order valence-corrected chi connectivity index (χ1v) is 7.88. The van der Waals surface area contributed by atoms with Gasteiger partial charge in [-0.25, -0.2) is 0 Å². The van der Waals surface area contributed by atoms with E-state index in [1.54, 1.807) is 0 Å². The van der Waals surface area contributed by atoms with Crippen LogP contribution >= 0.6 is 0 Å². The molecule has 2 aliphatic rings. The number of piperidine rings is 1. The lowest BCUT2D eigenvalue weighted by Crippen LogP contribution is -2.48. The van der Waals surface area contributed by atoms with Crippen molar-refractivity contribution < 1.29 is 4.74 Å². The minimum absolute atomic E-state index is 0.539. The summed E-state index contributed by atoms with van der Waals surface area (Å²) in [5.74, 6) is 0. The van der Waals surface area contributed by atoms with E-state index < -0.39 is 0 Å². The number of hydrogen-bond acceptors (Lipinski definition) is 3. The molecule has 2 fully saturated rings. The first-order valence-electron chi connectivity index (χ1n) is 7.88. The molecule has 106 valence electrons. The van der Waals surface area contributed by atoms with Gasteiger partial charge in [-0.05, 0) is 58.5 Å². The molecule has 3 heteroatoms. The van der Waals surface area contributed by atoms with Crippen molar-refractivity contribution in [3.63, 3.8) is 0 Å². The van der Waals surface area contributed by atoms with Gasteiger partial charge in [-0.3, -0.25) is 0 Å². The van der Waals surface area contributed by atoms with E-state index in [1.807, 2.05) is 0 Å². The van der Waals surface area contributed by atoms with Crippen LogP contribution in [0.5, 0.6) is 0 Å². The monoisotopic (exact) mass is 254 g/mol. The summed E-state index contributed by atoms with van der Waals surface area (Å²) >= 11 is 0. The second-order valence-corrected chi connectivity index (χ2v) is 5.94. The molecule has 2 saturated heterocycles. The van der Waals surface area contributed by atoms with Gasteiger partial charge >= 0.3 is 0 Å². The van der Waals surface area contributed by atoms with Gasteiger partial charge in [0.15, 0.2) is 0 Å². The van der Waals surface area contributed by atoms with Crippen molar-refractivity contribution in [3.05, 3.63) is 0 Å². The smallest absolute Gasteiger partial charge is 0.0587 e. The van der Waals surface area contributed by atoms with E-state index in [-0.39, 0.29) is 0 Å². The van der Waals surface area contributed by atoms with E-state index >= 15 is 0 Å². The molecule has 3 unspecified atom stereocenters. The Hall–Kier alpha value is -0.120. The van der Waals surface area contributed by atoms with Gasteiger partial charge in [0.1, 0.15) is 0 Å². The predicted molar refractivity (Wildman–Crippen MR) is 75.9 cm³/mol. The number of ether oxygens (including phenoxy) is 1. The van der Waals surface area contributed by atoms with Gasteiger partial charge < -0.3 is 15.0 Å².